The molecule has 120 valence electrons. The molecule has 0 bridgehead atoms. The molecule has 0 heterocycles. The van der Waals surface area contributed by atoms with Crippen LogP contribution in [0.4, 0.5) is 0 Å². The van der Waals surface area contributed by atoms with Crippen molar-refractivity contribution < 1.29 is 9.59 Å². The highest BCUT2D eigenvalue weighted by molar-refractivity contribution is 5.96. The molecule has 24 heavy (non-hydrogen) atoms. The van der Waals surface area contributed by atoms with Gasteiger partial charge in [0.25, 0.3) is 5.91 Å². The molecule has 2 N–H and O–H groups in total. The largest absolute Gasteiger partial charge is 0.273 e. The predicted molar refractivity (Wildman–Crippen MR) is 94.4 cm³/mol. The standard InChI is InChI=1S/C20H18N2O2/c1-14-9-11-16(12-10-14)20(24)22-21-19(23)13-17-7-4-6-15-5-2-3-8-18(15)17/h2-12H,13H2,1H3,(H,21,23)(H,22,24). The zero-order valence-corrected chi connectivity index (χ0v) is 13.4. The van der Waals surface area contributed by atoms with E-state index in [1.165, 1.54) is 0 Å². The number of nitrogens with one attached hydrogen (secondary N) is 2. The fourth-order valence-electron chi connectivity index (χ4n) is 2.57. The number of hydrogen-bond acceptors (Lipinski definition) is 2. The molecule has 0 unspecified atom stereocenters. The second kappa shape index (κ2) is 6.96. The Morgan fingerprint density at radius 3 is 2.33 bits per heavy atom. The number of rotatable bonds is 3. The van der Waals surface area contributed by atoms with Crippen LogP contribution in [0.5, 0.6) is 0 Å². The molecule has 0 aromatic heterocycles. The van der Waals surface area contributed by atoms with Crippen molar-refractivity contribution >= 4 is 22.6 Å². The molecule has 0 saturated carbocycles. The normalized spacial score (nSPS) is 10.4. The van der Waals surface area contributed by atoms with Crippen LogP contribution in [0.2, 0.25) is 0 Å². The minimum absolute atomic E-state index is 0.204. The van der Waals surface area contributed by atoms with Crippen molar-refractivity contribution in [2.75, 3.05) is 0 Å². The maximum Gasteiger partial charge on any atom is 0.269 e. The zero-order chi connectivity index (χ0) is 16.9. The molecular weight excluding hydrogens is 300 g/mol. The molecule has 0 radical (unpaired) electrons. The molecule has 3 aromatic carbocycles. The van der Waals surface area contributed by atoms with Crippen LogP contribution in [0, 0.1) is 6.92 Å². The van der Waals surface area contributed by atoms with Gasteiger partial charge in [-0.05, 0) is 35.4 Å². The van der Waals surface area contributed by atoms with Crippen molar-refractivity contribution in [3.63, 3.8) is 0 Å². The summed E-state index contributed by atoms with van der Waals surface area (Å²) >= 11 is 0. The zero-order valence-electron chi connectivity index (χ0n) is 13.4. The fourth-order valence-corrected chi connectivity index (χ4v) is 2.57. The molecule has 0 aliphatic heterocycles. The second-order valence-corrected chi connectivity index (χ2v) is 5.68. The van der Waals surface area contributed by atoms with E-state index in [0.29, 0.717) is 5.56 Å². The molecule has 0 aliphatic rings. The third kappa shape index (κ3) is 3.60. The summed E-state index contributed by atoms with van der Waals surface area (Å²) in [5.74, 6) is -0.590. The van der Waals surface area contributed by atoms with Crippen LogP contribution < -0.4 is 10.9 Å². The summed E-state index contributed by atoms with van der Waals surface area (Å²) in [6.45, 7) is 1.95. The first-order valence-corrected chi connectivity index (χ1v) is 7.76. The molecule has 0 spiro atoms. The Labute approximate surface area is 140 Å². The van der Waals surface area contributed by atoms with Crippen molar-refractivity contribution in [2.45, 2.75) is 13.3 Å². The highest BCUT2D eigenvalue weighted by atomic mass is 16.2. The summed E-state index contributed by atoms with van der Waals surface area (Å²) < 4.78 is 0. The van der Waals surface area contributed by atoms with Crippen molar-refractivity contribution in [2.24, 2.45) is 0 Å². The molecule has 0 saturated heterocycles. The fraction of sp³-hybridized carbons (Fsp3) is 0.100. The van der Waals surface area contributed by atoms with Crippen LogP contribution in [-0.4, -0.2) is 11.8 Å². The number of benzene rings is 3. The van der Waals surface area contributed by atoms with Crippen molar-refractivity contribution in [3.8, 4) is 0 Å². The lowest BCUT2D eigenvalue weighted by Gasteiger charge is -2.09. The maximum atomic E-state index is 12.1. The lowest BCUT2D eigenvalue weighted by atomic mass is 10.0. The van der Waals surface area contributed by atoms with E-state index in [9.17, 15) is 9.59 Å². The Hall–Kier alpha value is -3.14. The van der Waals surface area contributed by atoms with E-state index < -0.39 is 0 Å². The first kappa shape index (κ1) is 15.7. The Bertz CT molecular complexity index is 880. The van der Waals surface area contributed by atoms with Gasteiger partial charge in [0.05, 0.1) is 6.42 Å². The molecular formula is C20H18N2O2. The van der Waals surface area contributed by atoms with Crippen molar-refractivity contribution in [1.29, 1.82) is 0 Å². The minimum atomic E-state index is -0.332. The molecule has 0 atom stereocenters. The van der Waals surface area contributed by atoms with E-state index in [1.807, 2.05) is 61.5 Å². The van der Waals surface area contributed by atoms with Crippen LogP contribution in [0.15, 0.2) is 66.7 Å². The van der Waals surface area contributed by atoms with E-state index in [0.717, 1.165) is 21.9 Å². The smallest absolute Gasteiger partial charge is 0.269 e. The molecule has 0 aliphatic carbocycles. The van der Waals surface area contributed by atoms with E-state index in [4.69, 9.17) is 0 Å². The van der Waals surface area contributed by atoms with Gasteiger partial charge in [-0.25, -0.2) is 0 Å². The van der Waals surface area contributed by atoms with Crippen LogP contribution in [0.3, 0.4) is 0 Å². The lowest BCUT2D eigenvalue weighted by Crippen LogP contribution is -2.42. The first-order chi connectivity index (χ1) is 11.6. The van der Waals surface area contributed by atoms with Gasteiger partial charge in [0.15, 0.2) is 0 Å². The summed E-state index contributed by atoms with van der Waals surface area (Å²) in [5, 5.41) is 2.13. The second-order valence-electron chi connectivity index (χ2n) is 5.68. The van der Waals surface area contributed by atoms with E-state index >= 15 is 0 Å². The number of carbonyl (C=O) groups is 2. The molecule has 4 heteroatoms. The van der Waals surface area contributed by atoms with Gasteiger partial charge < -0.3 is 0 Å². The quantitative estimate of drug-likeness (QED) is 0.729. The van der Waals surface area contributed by atoms with E-state index in [1.54, 1.807) is 12.1 Å². The Morgan fingerprint density at radius 1 is 0.833 bits per heavy atom. The van der Waals surface area contributed by atoms with Gasteiger partial charge >= 0.3 is 0 Å². The molecule has 3 aromatic rings. The summed E-state index contributed by atoms with van der Waals surface area (Å²) in [6, 6.07) is 20.9. The third-order valence-electron chi connectivity index (χ3n) is 3.86. The summed E-state index contributed by atoms with van der Waals surface area (Å²) in [4.78, 5) is 24.1. The maximum absolute atomic E-state index is 12.1. The minimum Gasteiger partial charge on any atom is -0.273 e. The molecule has 0 fully saturated rings. The highest BCUT2D eigenvalue weighted by Gasteiger charge is 2.09. The van der Waals surface area contributed by atoms with Gasteiger partial charge in [0.1, 0.15) is 0 Å². The van der Waals surface area contributed by atoms with Crippen molar-refractivity contribution in [1.82, 2.24) is 10.9 Å². The van der Waals surface area contributed by atoms with Crippen LogP contribution >= 0.6 is 0 Å². The van der Waals surface area contributed by atoms with Gasteiger partial charge in [-0.1, -0.05) is 60.2 Å². The highest BCUT2D eigenvalue weighted by Crippen LogP contribution is 2.18. The number of amides is 2. The van der Waals surface area contributed by atoms with Crippen molar-refractivity contribution in [3.05, 3.63) is 83.4 Å². The van der Waals surface area contributed by atoms with Gasteiger partial charge in [0, 0.05) is 5.56 Å². The van der Waals surface area contributed by atoms with Crippen LogP contribution in [0.25, 0.3) is 10.8 Å². The SMILES string of the molecule is Cc1ccc(C(=O)NNC(=O)Cc2cccc3ccccc23)cc1. The monoisotopic (exact) mass is 318 g/mol. The Morgan fingerprint density at radius 2 is 1.54 bits per heavy atom. The number of hydrogen-bond donors (Lipinski definition) is 2. The van der Waals surface area contributed by atoms with Gasteiger partial charge in [0.2, 0.25) is 5.91 Å². The topological polar surface area (TPSA) is 58.2 Å². The van der Waals surface area contributed by atoms with Gasteiger partial charge in [-0.3, -0.25) is 20.4 Å². The number of carbonyl (C=O) groups excluding carboxylic acids is 2. The average Bonchev–Trinajstić information content (AvgIpc) is 2.61. The van der Waals surface area contributed by atoms with E-state index in [-0.39, 0.29) is 18.2 Å². The van der Waals surface area contributed by atoms with Gasteiger partial charge in [-0.15, -0.1) is 0 Å². The number of fused-ring (bicyclic) bond motifs is 1. The van der Waals surface area contributed by atoms with E-state index in [2.05, 4.69) is 10.9 Å². The third-order valence-corrected chi connectivity index (χ3v) is 3.86. The predicted octanol–water partition coefficient (Wildman–Crippen LogP) is 3.15. The molecule has 3 rings (SSSR count). The average molecular weight is 318 g/mol. The Balaban J connectivity index is 1.63. The Kier molecular flexibility index (Phi) is 4.57. The van der Waals surface area contributed by atoms with Crippen LogP contribution in [0.1, 0.15) is 21.5 Å². The molecule has 4 nitrogen and oxygen atoms in total. The first-order valence-electron chi connectivity index (χ1n) is 7.76. The number of aryl methyl sites for hydroxylation is 1. The lowest BCUT2D eigenvalue weighted by molar-refractivity contribution is -0.121. The van der Waals surface area contributed by atoms with Gasteiger partial charge in [-0.2, -0.15) is 0 Å². The molecule has 2 amide bonds. The van der Waals surface area contributed by atoms with Crippen LogP contribution in [-0.2, 0) is 11.2 Å². The summed E-state index contributed by atoms with van der Waals surface area (Å²) in [7, 11) is 0. The number of hydrazine groups is 1. The summed E-state index contributed by atoms with van der Waals surface area (Å²) in [5.41, 5.74) is 7.43. The summed E-state index contributed by atoms with van der Waals surface area (Å²) in [6.07, 6.45) is 0.204.